The molecule has 2 aromatic heterocycles. The smallest absolute Gasteiger partial charge is 0.126 e. The second-order valence-corrected chi connectivity index (χ2v) is 10.0. The number of hydrogen-bond donors (Lipinski definition) is 3. The van der Waals surface area contributed by atoms with E-state index >= 15 is 0 Å². The van der Waals surface area contributed by atoms with Crippen LogP contribution in [0, 0.1) is 11.8 Å². The van der Waals surface area contributed by atoms with E-state index in [2.05, 4.69) is 21.7 Å². The molecule has 2 aliphatic rings. The van der Waals surface area contributed by atoms with Crippen molar-refractivity contribution in [2.45, 2.75) is 51.0 Å². The number of nitrogens with one attached hydrogen (secondary N) is 2. The molecule has 3 N–H and O–H groups in total. The fourth-order valence-electron chi connectivity index (χ4n) is 4.84. The topological polar surface area (TPSA) is 79.3 Å². The van der Waals surface area contributed by atoms with Gasteiger partial charge in [0.1, 0.15) is 5.82 Å². The summed E-state index contributed by atoms with van der Waals surface area (Å²) in [5.74, 6) is 2.02. The number of aliphatic hydroxyl groups is 1. The minimum Gasteiger partial charge on any atom is -0.395 e. The number of aromatic nitrogens is 2. The molecule has 180 valence electrons. The van der Waals surface area contributed by atoms with Gasteiger partial charge in [0.25, 0.3) is 0 Å². The van der Waals surface area contributed by atoms with Crippen LogP contribution in [-0.4, -0.2) is 54.0 Å². The van der Waals surface area contributed by atoms with E-state index in [-0.39, 0.29) is 6.61 Å². The Morgan fingerprint density at radius 1 is 1.00 bits per heavy atom. The van der Waals surface area contributed by atoms with E-state index in [0.29, 0.717) is 40.2 Å². The lowest BCUT2D eigenvalue weighted by atomic mass is 9.83. The Hall–Kier alpha value is -1.44. The fourth-order valence-corrected chi connectivity index (χ4v) is 5.24. The van der Waals surface area contributed by atoms with Crippen LogP contribution in [0.4, 0.5) is 5.82 Å². The van der Waals surface area contributed by atoms with Gasteiger partial charge in [-0.15, -0.1) is 0 Å². The van der Waals surface area contributed by atoms with Gasteiger partial charge in [-0.05, 0) is 75.0 Å². The Morgan fingerprint density at radius 2 is 1.79 bits per heavy atom. The average molecular weight is 493 g/mol. The molecule has 0 atom stereocenters. The monoisotopic (exact) mass is 492 g/mol. The molecule has 0 aromatic carbocycles. The van der Waals surface area contributed by atoms with E-state index in [1.54, 1.807) is 6.20 Å². The van der Waals surface area contributed by atoms with E-state index < -0.39 is 0 Å². The van der Waals surface area contributed by atoms with Crippen LogP contribution in [0.5, 0.6) is 0 Å². The van der Waals surface area contributed by atoms with Gasteiger partial charge in [-0.25, -0.2) is 4.98 Å². The van der Waals surface area contributed by atoms with Crippen molar-refractivity contribution in [3.63, 3.8) is 0 Å². The maximum absolute atomic E-state index is 9.01. The highest BCUT2D eigenvalue weighted by atomic mass is 35.5. The maximum atomic E-state index is 9.01. The maximum Gasteiger partial charge on any atom is 0.126 e. The quantitative estimate of drug-likeness (QED) is 0.458. The molecule has 1 aliphatic heterocycles. The third-order valence-electron chi connectivity index (χ3n) is 6.82. The first-order valence-electron chi connectivity index (χ1n) is 12.1. The third-order valence-corrected chi connectivity index (χ3v) is 7.42. The van der Waals surface area contributed by atoms with Crippen LogP contribution < -0.4 is 10.6 Å². The highest BCUT2D eigenvalue weighted by Gasteiger charge is 2.22. The summed E-state index contributed by atoms with van der Waals surface area (Å²) in [5.41, 5.74) is 2.55. The van der Waals surface area contributed by atoms with Crippen molar-refractivity contribution in [3.05, 3.63) is 40.1 Å². The lowest BCUT2D eigenvalue weighted by Crippen LogP contribution is -2.35. The van der Waals surface area contributed by atoms with E-state index in [1.807, 2.05) is 12.1 Å². The SMILES string of the molecule is OCCNC1CCC(Cc2cc(-c3nc(NCC4CCOCC4)ccc3Cl)c(Cl)cn2)CC1. The van der Waals surface area contributed by atoms with Crippen molar-refractivity contribution in [1.29, 1.82) is 0 Å². The largest absolute Gasteiger partial charge is 0.395 e. The summed E-state index contributed by atoms with van der Waals surface area (Å²) < 4.78 is 5.45. The van der Waals surface area contributed by atoms with Crippen LogP contribution in [0.1, 0.15) is 44.2 Å². The van der Waals surface area contributed by atoms with E-state index in [4.69, 9.17) is 38.0 Å². The molecular formula is C25H34Cl2N4O2. The van der Waals surface area contributed by atoms with Gasteiger partial charge in [0.15, 0.2) is 0 Å². The first-order chi connectivity index (χ1) is 16.1. The molecule has 8 heteroatoms. The number of aliphatic hydroxyl groups excluding tert-OH is 1. The van der Waals surface area contributed by atoms with Gasteiger partial charge in [0.05, 0.1) is 22.3 Å². The van der Waals surface area contributed by atoms with Crippen molar-refractivity contribution in [3.8, 4) is 11.3 Å². The number of nitrogens with zero attached hydrogens (tertiary/aromatic N) is 2. The summed E-state index contributed by atoms with van der Waals surface area (Å²) in [4.78, 5) is 9.40. The van der Waals surface area contributed by atoms with Gasteiger partial charge in [-0.1, -0.05) is 23.2 Å². The molecule has 0 unspecified atom stereocenters. The van der Waals surface area contributed by atoms with Crippen LogP contribution in [0.25, 0.3) is 11.3 Å². The Bertz CT molecular complexity index is 900. The molecule has 0 bridgehead atoms. The van der Waals surface area contributed by atoms with Crippen LogP contribution in [-0.2, 0) is 11.2 Å². The summed E-state index contributed by atoms with van der Waals surface area (Å²) in [5, 5.41) is 17.0. The summed E-state index contributed by atoms with van der Waals surface area (Å²) in [6.07, 6.45) is 9.40. The normalized spacial score (nSPS) is 21.8. The van der Waals surface area contributed by atoms with E-state index in [9.17, 15) is 0 Å². The number of rotatable bonds is 9. The van der Waals surface area contributed by atoms with Crippen LogP contribution in [0.2, 0.25) is 10.0 Å². The number of pyridine rings is 2. The predicted octanol–water partition coefficient (Wildman–Crippen LogP) is 4.97. The molecule has 2 aromatic rings. The van der Waals surface area contributed by atoms with E-state index in [1.165, 1.54) is 0 Å². The van der Waals surface area contributed by atoms with Crippen LogP contribution >= 0.6 is 23.2 Å². The molecule has 3 heterocycles. The molecule has 2 fully saturated rings. The Morgan fingerprint density at radius 3 is 2.55 bits per heavy atom. The molecule has 1 aliphatic carbocycles. The van der Waals surface area contributed by atoms with Crippen molar-refractivity contribution in [2.75, 3.05) is 38.2 Å². The second-order valence-electron chi connectivity index (χ2n) is 9.22. The zero-order valence-corrected chi connectivity index (χ0v) is 20.5. The third kappa shape index (κ3) is 7.03. The molecule has 0 amide bonds. The van der Waals surface area contributed by atoms with Gasteiger partial charge in [-0.3, -0.25) is 4.98 Å². The highest BCUT2D eigenvalue weighted by Crippen LogP contribution is 2.34. The fraction of sp³-hybridized carbons (Fsp3) is 0.600. The first kappa shape index (κ1) is 24.7. The number of halogens is 2. The van der Waals surface area contributed by atoms with Crippen molar-refractivity contribution in [2.24, 2.45) is 11.8 Å². The molecular weight excluding hydrogens is 459 g/mol. The Labute approximate surface area is 206 Å². The lowest BCUT2D eigenvalue weighted by Gasteiger charge is -2.29. The number of ether oxygens (including phenoxy) is 1. The summed E-state index contributed by atoms with van der Waals surface area (Å²) in [6.45, 7) is 3.42. The summed E-state index contributed by atoms with van der Waals surface area (Å²) >= 11 is 13.1. The van der Waals surface area contributed by atoms with Crippen LogP contribution in [0.3, 0.4) is 0 Å². The van der Waals surface area contributed by atoms with Crippen molar-refractivity contribution >= 4 is 29.0 Å². The summed E-state index contributed by atoms with van der Waals surface area (Å²) in [7, 11) is 0. The van der Waals surface area contributed by atoms with Gasteiger partial charge in [0, 0.05) is 49.8 Å². The standard InChI is InChI=1S/C25H34Cl2N4O2/c26-22-5-6-24(30-15-18-7-11-33-12-8-18)31-25(22)21-14-20(29-16-23(21)27)13-17-1-3-19(4-2-17)28-9-10-32/h5-6,14,16-19,28,32H,1-4,7-13,15H2,(H,30,31). The van der Waals surface area contributed by atoms with Gasteiger partial charge in [0.2, 0.25) is 0 Å². The molecule has 4 rings (SSSR count). The van der Waals surface area contributed by atoms with Gasteiger partial charge in [-0.2, -0.15) is 0 Å². The minimum absolute atomic E-state index is 0.195. The molecule has 0 spiro atoms. The summed E-state index contributed by atoms with van der Waals surface area (Å²) in [6, 6.07) is 6.37. The Balaban J connectivity index is 1.41. The van der Waals surface area contributed by atoms with Crippen molar-refractivity contribution in [1.82, 2.24) is 15.3 Å². The number of anilines is 1. The predicted molar refractivity (Wildman–Crippen MR) is 134 cm³/mol. The Kier molecular flexibility index (Phi) is 9.21. The number of hydrogen-bond acceptors (Lipinski definition) is 6. The van der Waals surface area contributed by atoms with Gasteiger partial charge < -0.3 is 20.5 Å². The average Bonchev–Trinajstić information content (AvgIpc) is 2.85. The minimum atomic E-state index is 0.195. The van der Waals surface area contributed by atoms with Crippen LogP contribution in [0.15, 0.2) is 24.4 Å². The lowest BCUT2D eigenvalue weighted by molar-refractivity contribution is 0.0699. The molecule has 33 heavy (non-hydrogen) atoms. The van der Waals surface area contributed by atoms with Crippen molar-refractivity contribution < 1.29 is 9.84 Å². The van der Waals surface area contributed by atoms with E-state index in [0.717, 1.165) is 81.8 Å². The molecule has 6 nitrogen and oxygen atoms in total. The first-order valence-corrected chi connectivity index (χ1v) is 12.8. The molecule has 1 saturated carbocycles. The zero-order chi connectivity index (χ0) is 23.0. The molecule has 1 saturated heterocycles. The molecule has 0 radical (unpaired) electrons. The van der Waals surface area contributed by atoms with Gasteiger partial charge >= 0.3 is 0 Å². The highest BCUT2D eigenvalue weighted by molar-refractivity contribution is 6.36. The second kappa shape index (κ2) is 12.3. The zero-order valence-electron chi connectivity index (χ0n) is 19.0.